The van der Waals surface area contributed by atoms with E-state index >= 15 is 0 Å². The smallest absolute Gasteiger partial charge is 0.287 e. The van der Waals surface area contributed by atoms with E-state index in [0.29, 0.717) is 11.5 Å². The minimum Gasteiger partial charge on any atom is -0.459 e. The van der Waals surface area contributed by atoms with Gasteiger partial charge in [0.2, 0.25) is 0 Å². The molecular formula is C22H19N3O2S2. The minimum atomic E-state index is -0.232. The summed E-state index contributed by atoms with van der Waals surface area (Å²) in [6.45, 7) is 1.92. The second kappa shape index (κ2) is 9.07. The fourth-order valence-electron chi connectivity index (χ4n) is 2.78. The number of rotatable bonds is 7. The van der Waals surface area contributed by atoms with Crippen LogP contribution in [-0.2, 0) is 5.75 Å². The molecule has 3 heterocycles. The number of thioether (sulfide) groups is 1. The third-order valence-corrected chi connectivity index (χ3v) is 6.38. The van der Waals surface area contributed by atoms with Crippen LogP contribution in [0, 0.1) is 0 Å². The van der Waals surface area contributed by atoms with E-state index in [2.05, 4.69) is 27.4 Å². The molecule has 0 saturated carbocycles. The molecule has 1 aromatic carbocycles. The van der Waals surface area contributed by atoms with Gasteiger partial charge in [0.1, 0.15) is 5.01 Å². The number of benzene rings is 1. The zero-order valence-electron chi connectivity index (χ0n) is 15.7. The number of furan rings is 1. The van der Waals surface area contributed by atoms with Crippen molar-refractivity contribution >= 4 is 29.0 Å². The lowest BCUT2D eigenvalue weighted by Crippen LogP contribution is -2.26. The van der Waals surface area contributed by atoms with Gasteiger partial charge >= 0.3 is 0 Å². The van der Waals surface area contributed by atoms with Gasteiger partial charge in [-0.25, -0.2) is 4.98 Å². The maximum Gasteiger partial charge on any atom is 0.287 e. The molecule has 1 unspecified atom stereocenters. The summed E-state index contributed by atoms with van der Waals surface area (Å²) in [5.74, 6) is 0.786. The number of pyridine rings is 1. The topological polar surface area (TPSA) is 68.0 Å². The average molecular weight is 422 g/mol. The largest absolute Gasteiger partial charge is 0.459 e. The first-order chi connectivity index (χ1) is 14.2. The van der Waals surface area contributed by atoms with Gasteiger partial charge in [-0.15, -0.1) is 23.1 Å². The molecule has 7 heteroatoms. The summed E-state index contributed by atoms with van der Waals surface area (Å²) in [5, 5.41) is 5.81. The van der Waals surface area contributed by atoms with Crippen LogP contribution in [0.3, 0.4) is 0 Å². The van der Waals surface area contributed by atoms with Gasteiger partial charge in [-0.05, 0) is 37.3 Å². The number of nitrogens with zero attached hydrogens (tertiary/aromatic N) is 2. The third-order valence-electron chi connectivity index (χ3n) is 4.29. The van der Waals surface area contributed by atoms with Crippen molar-refractivity contribution in [3.8, 4) is 11.3 Å². The highest BCUT2D eigenvalue weighted by Gasteiger charge is 2.20. The Morgan fingerprint density at radius 1 is 1.21 bits per heavy atom. The van der Waals surface area contributed by atoms with E-state index in [0.717, 1.165) is 26.7 Å². The predicted octanol–water partition coefficient (Wildman–Crippen LogP) is 5.58. The molecule has 1 atom stereocenters. The molecule has 0 aliphatic heterocycles. The Morgan fingerprint density at radius 2 is 2.07 bits per heavy atom. The highest BCUT2D eigenvalue weighted by atomic mass is 32.2. The van der Waals surface area contributed by atoms with Crippen LogP contribution >= 0.6 is 23.1 Å². The van der Waals surface area contributed by atoms with E-state index in [4.69, 9.17) is 4.42 Å². The number of aromatic nitrogens is 2. The summed E-state index contributed by atoms with van der Waals surface area (Å²) >= 11 is 3.18. The molecule has 0 radical (unpaired) electrons. The summed E-state index contributed by atoms with van der Waals surface area (Å²) < 4.78 is 5.48. The summed E-state index contributed by atoms with van der Waals surface area (Å²) in [7, 11) is 0. The number of thiazole rings is 1. The number of hydrogen-bond donors (Lipinski definition) is 1. The predicted molar refractivity (Wildman–Crippen MR) is 116 cm³/mol. The van der Waals surface area contributed by atoms with Gasteiger partial charge in [0.25, 0.3) is 5.91 Å². The summed E-state index contributed by atoms with van der Waals surface area (Å²) in [4.78, 5) is 22.7. The number of carbonyl (C=O) groups excluding carboxylic acids is 1. The van der Waals surface area contributed by atoms with E-state index in [1.54, 1.807) is 30.4 Å². The van der Waals surface area contributed by atoms with Crippen molar-refractivity contribution in [3.05, 3.63) is 88.9 Å². The fourth-order valence-corrected chi connectivity index (χ4v) is 4.52. The van der Waals surface area contributed by atoms with Crippen molar-refractivity contribution in [1.29, 1.82) is 0 Å². The number of carbonyl (C=O) groups is 1. The Kier molecular flexibility index (Phi) is 6.07. The molecule has 0 saturated heterocycles. The van der Waals surface area contributed by atoms with E-state index in [1.807, 2.05) is 48.7 Å². The lowest BCUT2D eigenvalue weighted by Gasteiger charge is -2.11. The van der Waals surface area contributed by atoms with Crippen molar-refractivity contribution in [3.63, 3.8) is 0 Å². The number of hydrogen-bond acceptors (Lipinski definition) is 6. The normalized spacial score (nSPS) is 11.9. The van der Waals surface area contributed by atoms with Gasteiger partial charge in [0, 0.05) is 39.5 Å². The van der Waals surface area contributed by atoms with Crippen molar-refractivity contribution < 1.29 is 9.21 Å². The zero-order chi connectivity index (χ0) is 20.1. The average Bonchev–Trinajstić information content (AvgIpc) is 3.43. The maximum absolute atomic E-state index is 12.8. The van der Waals surface area contributed by atoms with E-state index in [1.165, 1.54) is 11.3 Å². The highest BCUT2D eigenvalue weighted by Crippen LogP contribution is 2.27. The highest BCUT2D eigenvalue weighted by molar-refractivity contribution is 7.98. The van der Waals surface area contributed by atoms with E-state index < -0.39 is 0 Å². The monoisotopic (exact) mass is 421 g/mol. The lowest BCUT2D eigenvalue weighted by molar-refractivity contribution is 0.0911. The molecule has 4 rings (SSSR count). The Balaban J connectivity index is 1.41. The van der Waals surface area contributed by atoms with Crippen LogP contribution < -0.4 is 5.32 Å². The minimum absolute atomic E-state index is 0.224. The van der Waals surface area contributed by atoms with Crippen molar-refractivity contribution in [2.45, 2.75) is 23.6 Å². The Bertz CT molecular complexity index is 1080. The van der Waals surface area contributed by atoms with Crippen molar-refractivity contribution in [2.24, 2.45) is 0 Å². The molecule has 3 aromatic heterocycles. The Labute approximate surface area is 177 Å². The van der Waals surface area contributed by atoms with Crippen molar-refractivity contribution in [2.75, 3.05) is 0 Å². The van der Waals surface area contributed by atoms with Gasteiger partial charge < -0.3 is 9.73 Å². The van der Waals surface area contributed by atoms with E-state index in [9.17, 15) is 4.79 Å². The van der Waals surface area contributed by atoms with Crippen LogP contribution in [0.25, 0.3) is 11.3 Å². The van der Waals surface area contributed by atoms with Crippen LogP contribution in [0.2, 0.25) is 0 Å². The third kappa shape index (κ3) is 4.75. The zero-order valence-corrected chi connectivity index (χ0v) is 17.4. The molecule has 0 fully saturated rings. The lowest BCUT2D eigenvalue weighted by atomic mass is 10.2. The molecule has 1 N–H and O–H groups in total. The SMILES string of the molecule is CC(NC(=O)c1occc1CSc1ccccc1)c1nc(-c2cccnc2)cs1. The van der Waals surface area contributed by atoms with Gasteiger partial charge in [-0.3, -0.25) is 9.78 Å². The summed E-state index contributed by atoms with van der Waals surface area (Å²) in [6, 6.07) is 15.6. The first kappa shape index (κ1) is 19.4. The molecule has 0 spiro atoms. The van der Waals surface area contributed by atoms with Gasteiger partial charge in [-0.1, -0.05) is 18.2 Å². The number of amides is 1. The van der Waals surface area contributed by atoms with Crippen LogP contribution in [0.15, 0.2) is 81.9 Å². The molecule has 29 heavy (non-hydrogen) atoms. The second-order valence-electron chi connectivity index (χ2n) is 6.38. The molecule has 0 aliphatic carbocycles. The van der Waals surface area contributed by atoms with Gasteiger partial charge in [0.05, 0.1) is 18.0 Å². The molecule has 0 bridgehead atoms. The van der Waals surface area contributed by atoms with Gasteiger partial charge in [0.15, 0.2) is 5.76 Å². The summed E-state index contributed by atoms with van der Waals surface area (Å²) in [5.41, 5.74) is 2.69. The fraction of sp³-hybridized carbons (Fsp3) is 0.136. The first-order valence-electron chi connectivity index (χ1n) is 9.11. The second-order valence-corrected chi connectivity index (χ2v) is 8.32. The van der Waals surface area contributed by atoms with Crippen LogP contribution in [0.5, 0.6) is 0 Å². The standard InChI is InChI=1S/C22H19N3O2S2/c1-15(22-25-19(14-29-22)16-6-5-10-23-12-16)24-21(26)20-17(9-11-27-20)13-28-18-7-3-2-4-8-18/h2-12,14-15H,13H2,1H3,(H,24,26). The Hall–Kier alpha value is -2.90. The molecule has 0 aliphatic rings. The molecule has 4 aromatic rings. The Morgan fingerprint density at radius 3 is 2.86 bits per heavy atom. The quantitative estimate of drug-likeness (QED) is 0.395. The summed E-state index contributed by atoms with van der Waals surface area (Å²) in [6.07, 6.45) is 5.07. The molecule has 5 nitrogen and oxygen atoms in total. The van der Waals surface area contributed by atoms with Gasteiger partial charge in [-0.2, -0.15) is 0 Å². The van der Waals surface area contributed by atoms with Crippen LogP contribution in [0.4, 0.5) is 0 Å². The maximum atomic E-state index is 12.8. The van der Waals surface area contributed by atoms with Crippen molar-refractivity contribution in [1.82, 2.24) is 15.3 Å². The first-order valence-corrected chi connectivity index (χ1v) is 11.0. The van der Waals surface area contributed by atoms with Crippen LogP contribution in [-0.4, -0.2) is 15.9 Å². The van der Waals surface area contributed by atoms with Crippen LogP contribution in [0.1, 0.15) is 34.1 Å². The molecule has 146 valence electrons. The molecule has 1 amide bonds. The number of nitrogens with one attached hydrogen (secondary N) is 1. The van der Waals surface area contributed by atoms with E-state index in [-0.39, 0.29) is 11.9 Å². The molecular weight excluding hydrogens is 402 g/mol.